The summed E-state index contributed by atoms with van der Waals surface area (Å²) < 4.78 is 5.63. The Morgan fingerprint density at radius 2 is 1.92 bits per heavy atom. The summed E-state index contributed by atoms with van der Waals surface area (Å²) in [5.74, 6) is 1.97. The summed E-state index contributed by atoms with van der Waals surface area (Å²) in [4.78, 5) is 10.6. The summed E-state index contributed by atoms with van der Waals surface area (Å²) in [5, 5.41) is 11.5. The van der Waals surface area contributed by atoms with Gasteiger partial charge in [-0.05, 0) is 43.2 Å². The topological polar surface area (TPSA) is 76.1 Å². The maximum atomic E-state index is 5.63. The Balaban J connectivity index is 1.68. The molecule has 0 aliphatic rings. The number of anilines is 3. The van der Waals surface area contributed by atoms with Crippen molar-refractivity contribution in [3.05, 3.63) is 60.6 Å². The van der Waals surface area contributed by atoms with Crippen LogP contribution in [0, 0.1) is 0 Å². The number of hydrogen-bond donors (Lipinski definition) is 1. The third-order valence-electron chi connectivity index (χ3n) is 3.82. The zero-order valence-electron chi connectivity index (χ0n) is 15.0. The van der Waals surface area contributed by atoms with E-state index >= 15 is 0 Å². The van der Waals surface area contributed by atoms with Gasteiger partial charge in [0.25, 0.3) is 0 Å². The van der Waals surface area contributed by atoms with Crippen LogP contribution in [0.1, 0.15) is 12.5 Å². The van der Waals surface area contributed by atoms with Crippen molar-refractivity contribution in [2.75, 3.05) is 30.4 Å². The molecule has 1 aromatic carbocycles. The Hall–Kier alpha value is -3.22. The first-order valence-electron chi connectivity index (χ1n) is 8.55. The van der Waals surface area contributed by atoms with Gasteiger partial charge < -0.3 is 15.0 Å². The van der Waals surface area contributed by atoms with Crippen molar-refractivity contribution < 1.29 is 4.74 Å². The molecule has 0 aliphatic heterocycles. The second kappa shape index (κ2) is 8.75. The summed E-state index contributed by atoms with van der Waals surface area (Å²) in [6.07, 6.45) is 6.08. The van der Waals surface area contributed by atoms with Crippen LogP contribution in [0.4, 0.5) is 17.5 Å². The molecule has 7 nitrogen and oxygen atoms in total. The number of rotatable bonds is 8. The molecule has 2 aromatic heterocycles. The monoisotopic (exact) mass is 350 g/mol. The number of para-hydroxylation sites is 2. The van der Waals surface area contributed by atoms with Gasteiger partial charge in [0.15, 0.2) is 5.82 Å². The van der Waals surface area contributed by atoms with Crippen molar-refractivity contribution in [1.29, 1.82) is 0 Å². The maximum absolute atomic E-state index is 5.63. The third kappa shape index (κ3) is 4.66. The molecule has 0 saturated heterocycles. The fourth-order valence-corrected chi connectivity index (χ4v) is 2.45. The van der Waals surface area contributed by atoms with Crippen molar-refractivity contribution in [3.63, 3.8) is 0 Å². The van der Waals surface area contributed by atoms with Crippen LogP contribution in [0.25, 0.3) is 0 Å². The van der Waals surface area contributed by atoms with Gasteiger partial charge in [0.05, 0.1) is 18.5 Å². The minimum atomic E-state index is 0.568. The fraction of sp³-hybridized carbons (Fsp3) is 0.263. The molecule has 1 N–H and O–H groups in total. The van der Waals surface area contributed by atoms with Crippen molar-refractivity contribution in [3.8, 4) is 5.75 Å². The zero-order valence-corrected chi connectivity index (χ0v) is 15.0. The van der Waals surface area contributed by atoms with E-state index in [2.05, 4.69) is 25.5 Å². The Bertz CT molecular complexity index is 827. The molecule has 0 aliphatic carbocycles. The summed E-state index contributed by atoms with van der Waals surface area (Å²) in [6.45, 7) is 3.34. The van der Waals surface area contributed by atoms with Crippen LogP contribution in [0.2, 0.25) is 0 Å². The molecule has 0 unspecified atom stereocenters. The van der Waals surface area contributed by atoms with Crippen LogP contribution in [0.3, 0.4) is 0 Å². The summed E-state index contributed by atoms with van der Waals surface area (Å²) in [6, 6.07) is 11.8. The summed E-state index contributed by atoms with van der Waals surface area (Å²) >= 11 is 0. The van der Waals surface area contributed by atoms with E-state index in [4.69, 9.17) is 4.74 Å². The summed E-state index contributed by atoms with van der Waals surface area (Å²) in [7, 11) is 1.95. The predicted octanol–water partition coefficient (Wildman–Crippen LogP) is 3.09. The molecule has 0 fully saturated rings. The van der Waals surface area contributed by atoms with Crippen LogP contribution < -0.4 is 15.0 Å². The fourth-order valence-electron chi connectivity index (χ4n) is 2.45. The standard InChI is InChI=1S/C19H22N6O/c1-3-26-17-7-5-4-6-16(17)22-18-14-21-24-19(23-18)25(2)13-10-15-8-11-20-12-9-15/h4-9,11-12,14H,3,10,13H2,1-2H3,(H,22,23,24). The molecule has 7 heteroatoms. The normalized spacial score (nSPS) is 10.4. The number of pyridine rings is 1. The number of nitrogens with zero attached hydrogens (tertiary/aromatic N) is 5. The molecule has 2 heterocycles. The van der Waals surface area contributed by atoms with Gasteiger partial charge in [0.2, 0.25) is 5.95 Å². The van der Waals surface area contributed by atoms with E-state index in [0.717, 1.165) is 24.4 Å². The smallest absolute Gasteiger partial charge is 0.247 e. The molecule has 3 aromatic rings. The van der Waals surface area contributed by atoms with Crippen LogP contribution in [-0.2, 0) is 6.42 Å². The molecule has 0 atom stereocenters. The van der Waals surface area contributed by atoms with Gasteiger partial charge in [0, 0.05) is 26.0 Å². The van der Waals surface area contributed by atoms with Crippen molar-refractivity contribution >= 4 is 17.5 Å². The van der Waals surface area contributed by atoms with E-state index in [1.807, 2.05) is 55.3 Å². The number of ether oxygens (including phenoxy) is 1. The summed E-state index contributed by atoms with van der Waals surface area (Å²) in [5.41, 5.74) is 2.07. The van der Waals surface area contributed by atoms with Crippen LogP contribution in [0.5, 0.6) is 5.75 Å². The molecular weight excluding hydrogens is 328 g/mol. The average Bonchev–Trinajstić information content (AvgIpc) is 2.69. The van der Waals surface area contributed by atoms with E-state index in [0.29, 0.717) is 18.4 Å². The van der Waals surface area contributed by atoms with Crippen molar-refractivity contribution in [2.24, 2.45) is 0 Å². The Morgan fingerprint density at radius 1 is 1.12 bits per heavy atom. The lowest BCUT2D eigenvalue weighted by molar-refractivity contribution is 0.342. The number of hydrogen-bond acceptors (Lipinski definition) is 7. The van der Waals surface area contributed by atoms with Crippen LogP contribution in [0.15, 0.2) is 55.0 Å². The molecule has 0 radical (unpaired) electrons. The van der Waals surface area contributed by atoms with Gasteiger partial charge in [-0.2, -0.15) is 10.1 Å². The van der Waals surface area contributed by atoms with Gasteiger partial charge in [-0.3, -0.25) is 4.98 Å². The predicted molar refractivity (Wildman–Crippen MR) is 102 cm³/mol. The largest absolute Gasteiger partial charge is 0.492 e. The molecule has 134 valence electrons. The van der Waals surface area contributed by atoms with Gasteiger partial charge in [-0.1, -0.05) is 12.1 Å². The van der Waals surface area contributed by atoms with E-state index < -0.39 is 0 Å². The highest BCUT2D eigenvalue weighted by Crippen LogP contribution is 2.26. The van der Waals surface area contributed by atoms with Crippen molar-refractivity contribution in [1.82, 2.24) is 20.2 Å². The second-order valence-corrected chi connectivity index (χ2v) is 5.72. The minimum Gasteiger partial charge on any atom is -0.492 e. The van der Waals surface area contributed by atoms with Gasteiger partial charge in [0.1, 0.15) is 5.75 Å². The number of nitrogens with one attached hydrogen (secondary N) is 1. The molecule has 0 amide bonds. The zero-order chi connectivity index (χ0) is 18.2. The van der Waals surface area contributed by atoms with Gasteiger partial charge in [-0.25, -0.2) is 0 Å². The first kappa shape index (κ1) is 17.6. The quantitative estimate of drug-likeness (QED) is 0.669. The van der Waals surface area contributed by atoms with Crippen molar-refractivity contribution in [2.45, 2.75) is 13.3 Å². The lowest BCUT2D eigenvalue weighted by Crippen LogP contribution is -2.23. The lowest BCUT2D eigenvalue weighted by Gasteiger charge is -2.17. The second-order valence-electron chi connectivity index (χ2n) is 5.72. The number of likely N-dealkylation sites (N-methyl/N-ethyl adjacent to an activating group) is 1. The average molecular weight is 350 g/mol. The highest BCUT2D eigenvalue weighted by atomic mass is 16.5. The van der Waals surface area contributed by atoms with Crippen LogP contribution >= 0.6 is 0 Å². The molecule has 3 rings (SSSR count). The number of benzene rings is 1. The molecular formula is C19H22N6O. The van der Waals surface area contributed by atoms with Gasteiger partial charge >= 0.3 is 0 Å². The van der Waals surface area contributed by atoms with E-state index in [-0.39, 0.29) is 0 Å². The van der Waals surface area contributed by atoms with Crippen LogP contribution in [-0.4, -0.2) is 40.4 Å². The third-order valence-corrected chi connectivity index (χ3v) is 3.82. The highest BCUT2D eigenvalue weighted by Gasteiger charge is 2.09. The first-order chi connectivity index (χ1) is 12.8. The number of aromatic nitrogens is 4. The highest BCUT2D eigenvalue weighted by molar-refractivity contribution is 5.64. The Morgan fingerprint density at radius 3 is 2.73 bits per heavy atom. The van der Waals surface area contributed by atoms with E-state index in [9.17, 15) is 0 Å². The Labute approximate surface area is 153 Å². The molecule has 0 bridgehead atoms. The first-order valence-corrected chi connectivity index (χ1v) is 8.55. The van der Waals surface area contributed by atoms with Gasteiger partial charge in [-0.15, -0.1) is 5.10 Å². The lowest BCUT2D eigenvalue weighted by atomic mass is 10.2. The molecule has 0 saturated carbocycles. The minimum absolute atomic E-state index is 0.568. The molecule has 0 spiro atoms. The van der Waals surface area contributed by atoms with E-state index in [1.165, 1.54) is 5.56 Å². The SMILES string of the molecule is CCOc1ccccc1Nc1cnnc(N(C)CCc2ccncc2)n1. The Kier molecular flexibility index (Phi) is 5.92. The van der Waals surface area contributed by atoms with E-state index in [1.54, 1.807) is 18.6 Å². The molecule has 26 heavy (non-hydrogen) atoms. The maximum Gasteiger partial charge on any atom is 0.247 e.